The Hall–Kier alpha value is -8.72. The molecule has 0 fully saturated rings. The van der Waals surface area contributed by atoms with Crippen LogP contribution < -0.4 is 9.80 Å². The average molecular weight is 853 g/mol. The zero-order chi connectivity index (χ0) is 44.3. The van der Waals surface area contributed by atoms with Gasteiger partial charge in [-0.3, -0.25) is 0 Å². The maximum absolute atomic E-state index is 2.50. The van der Waals surface area contributed by atoms with Gasteiger partial charge in [-0.05, 0) is 133 Å². The summed E-state index contributed by atoms with van der Waals surface area (Å²) >= 11 is 0. The fourth-order valence-corrected chi connectivity index (χ4v) is 11.2. The summed E-state index contributed by atoms with van der Waals surface area (Å²) in [6.45, 7) is 0. The normalized spacial score (nSPS) is 14.0. The van der Waals surface area contributed by atoms with Gasteiger partial charge in [0.25, 0.3) is 0 Å². The first-order chi connectivity index (χ1) is 33.3. The van der Waals surface area contributed by atoms with Crippen molar-refractivity contribution in [1.29, 1.82) is 0 Å². The van der Waals surface area contributed by atoms with Crippen LogP contribution in [0.15, 0.2) is 267 Å². The maximum Gasteiger partial charge on any atom is 0.0727 e. The van der Waals surface area contributed by atoms with Crippen LogP contribution in [-0.4, -0.2) is 0 Å². The lowest BCUT2D eigenvalue weighted by atomic mass is 9.70. The summed E-state index contributed by atoms with van der Waals surface area (Å²) in [6.07, 6.45) is 0. The van der Waals surface area contributed by atoms with Gasteiger partial charge >= 0.3 is 0 Å². The molecule has 0 aliphatic heterocycles. The second-order valence-electron chi connectivity index (χ2n) is 17.6. The number of nitrogens with zero attached hydrogens (tertiary/aromatic N) is 2. The van der Waals surface area contributed by atoms with Crippen molar-refractivity contribution in [3.8, 4) is 44.5 Å². The van der Waals surface area contributed by atoms with E-state index in [4.69, 9.17) is 0 Å². The second kappa shape index (κ2) is 15.8. The molecule has 11 aromatic rings. The number of anilines is 6. The van der Waals surface area contributed by atoms with Gasteiger partial charge in [0.05, 0.1) is 16.8 Å². The Bertz CT molecular complexity index is 3630. The Morgan fingerprint density at radius 3 is 1.15 bits per heavy atom. The van der Waals surface area contributed by atoms with Crippen LogP contribution in [0.1, 0.15) is 22.3 Å². The Labute approximate surface area is 391 Å². The third-order valence-corrected chi connectivity index (χ3v) is 14.0. The Morgan fingerprint density at radius 2 is 0.612 bits per heavy atom. The van der Waals surface area contributed by atoms with Crippen LogP contribution in [-0.2, 0) is 5.41 Å². The molecule has 0 N–H and O–H groups in total. The van der Waals surface area contributed by atoms with Crippen molar-refractivity contribution >= 4 is 44.9 Å². The van der Waals surface area contributed by atoms with Crippen LogP contribution in [0.2, 0.25) is 0 Å². The van der Waals surface area contributed by atoms with Gasteiger partial charge < -0.3 is 9.80 Å². The average Bonchev–Trinajstić information content (AvgIpc) is 3.87. The van der Waals surface area contributed by atoms with Gasteiger partial charge in [0.2, 0.25) is 0 Å². The van der Waals surface area contributed by atoms with Crippen LogP contribution in [0.5, 0.6) is 0 Å². The van der Waals surface area contributed by atoms with E-state index in [0.717, 1.165) is 34.1 Å². The molecule has 1 unspecified atom stereocenters. The molecular weight excluding hydrogens is 809 g/mol. The van der Waals surface area contributed by atoms with Crippen molar-refractivity contribution in [3.05, 3.63) is 289 Å². The molecule has 13 rings (SSSR count). The van der Waals surface area contributed by atoms with Crippen molar-refractivity contribution in [1.82, 2.24) is 0 Å². The molecule has 0 saturated heterocycles. The molecule has 2 heteroatoms. The van der Waals surface area contributed by atoms with Gasteiger partial charge in [0.1, 0.15) is 0 Å². The molecule has 0 heterocycles. The molecule has 0 amide bonds. The van der Waals surface area contributed by atoms with Crippen LogP contribution in [0.25, 0.3) is 55.3 Å². The minimum absolute atomic E-state index is 0.598. The third kappa shape index (κ3) is 6.11. The lowest BCUT2D eigenvalue weighted by Crippen LogP contribution is -2.26. The molecule has 0 aromatic heterocycles. The monoisotopic (exact) mass is 852 g/mol. The Balaban J connectivity index is 1.08. The minimum Gasteiger partial charge on any atom is -0.310 e. The number of hydrogen-bond acceptors (Lipinski definition) is 2. The number of fused-ring (bicyclic) bond motifs is 11. The Kier molecular flexibility index (Phi) is 9.11. The lowest BCUT2D eigenvalue weighted by molar-refractivity contribution is 0.793. The minimum atomic E-state index is -0.598. The van der Waals surface area contributed by atoms with Crippen LogP contribution in [0, 0.1) is 0 Å². The van der Waals surface area contributed by atoms with Gasteiger partial charge in [-0.2, -0.15) is 0 Å². The van der Waals surface area contributed by atoms with Gasteiger partial charge in [-0.1, -0.05) is 200 Å². The first-order valence-electron chi connectivity index (χ1n) is 23.2. The standard InChI is InChI=1S/C65H44N2/c1-5-21-45(22-6-1)53-31-17-20-36-63(53)66(49-27-9-3-10-28-49)51-37-39-56-54-32-15-18-34-59(54)65(61(56)43-51)60-35-19-16-33-55(60)57-40-38-52(44-62(57)65)67(50-29-11-4-12-30-50)64-42-48-26-14-13-25-47(48)41-58(64)46-23-7-2-8-24-46/h1-44H. The molecule has 1 atom stereocenters. The first-order valence-corrected chi connectivity index (χ1v) is 23.2. The van der Waals surface area contributed by atoms with Crippen LogP contribution >= 0.6 is 0 Å². The van der Waals surface area contributed by atoms with Crippen LogP contribution in [0.3, 0.4) is 0 Å². The number of benzene rings is 11. The van der Waals surface area contributed by atoms with E-state index in [-0.39, 0.29) is 0 Å². The van der Waals surface area contributed by atoms with E-state index < -0.39 is 5.41 Å². The molecule has 0 bridgehead atoms. The van der Waals surface area contributed by atoms with E-state index in [0.29, 0.717) is 0 Å². The van der Waals surface area contributed by atoms with Crippen molar-refractivity contribution < 1.29 is 0 Å². The highest BCUT2D eigenvalue weighted by molar-refractivity contribution is 6.01. The molecule has 0 saturated carbocycles. The SMILES string of the molecule is c1ccc(-c2ccccc2N(c2ccccc2)c2ccc3c(c2)C2(c4ccccc4-3)c3ccccc3-c3ccc(N(c4ccccc4)c4cc5ccccc5cc4-c4ccccc4)cc32)cc1. The van der Waals surface area contributed by atoms with E-state index in [1.807, 2.05) is 0 Å². The summed E-state index contributed by atoms with van der Waals surface area (Å²) in [5.41, 5.74) is 21.1. The summed E-state index contributed by atoms with van der Waals surface area (Å²) in [5, 5.41) is 2.42. The maximum atomic E-state index is 2.50. The van der Waals surface area contributed by atoms with E-state index in [1.165, 1.54) is 77.5 Å². The van der Waals surface area contributed by atoms with Gasteiger partial charge in [-0.15, -0.1) is 0 Å². The zero-order valence-electron chi connectivity index (χ0n) is 36.8. The first kappa shape index (κ1) is 38.7. The van der Waals surface area contributed by atoms with Crippen molar-refractivity contribution in [2.75, 3.05) is 9.80 Å². The van der Waals surface area contributed by atoms with Crippen molar-refractivity contribution in [3.63, 3.8) is 0 Å². The third-order valence-electron chi connectivity index (χ3n) is 14.0. The van der Waals surface area contributed by atoms with E-state index in [2.05, 4.69) is 277 Å². The summed E-state index contributed by atoms with van der Waals surface area (Å²) in [7, 11) is 0. The number of hydrogen-bond donors (Lipinski definition) is 0. The predicted molar refractivity (Wildman–Crippen MR) is 280 cm³/mol. The molecular formula is C65H44N2. The van der Waals surface area contributed by atoms with Crippen molar-refractivity contribution in [2.45, 2.75) is 5.41 Å². The van der Waals surface area contributed by atoms with E-state index in [9.17, 15) is 0 Å². The smallest absolute Gasteiger partial charge is 0.0727 e. The highest BCUT2D eigenvalue weighted by Crippen LogP contribution is 2.64. The zero-order valence-corrected chi connectivity index (χ0v) is 36.8. The lowest BCUT2D eigenvalue weighted by Gasteiger charge is -2.34. The van der Waals surface area contributed by atoms with Gasteiger partial charge in [0, 0.05) is 33.9 Å². The molecule has 2 nitrogen and oxygen atoms in total. The molecule has 0 radical (unpaired) electrons. The quantitative estimate of drug-likeness (QED) is 0.150. The predicted octanol–water partition coefficient (Wildman–Crippen LogP) is 17.5. The fourth-order valence-electron chi connectivity index (χ4n) is 11.2. The summed E-state index contributed by atoms with van der Waals surface area (Å²) in [5.74, 6) is 0. The molecule has 2 aliphatic carbocycles. The molecule has 11 aromatic carbocycles. The van der Waals surface area contributed by atoms with Gasteiger partial charge in [0.15, 0.2) is 0 Å². The van der Waals surface area contributed by atoms with Gasteiger partial charge in [-0.25, -0.2) is 0 Å². The highest BCUT2D eigenvalue weighted by Gasteiger charge is 2.52. The molecule has 2 aliphatic rings. The summed E-state index contributed by atoms with van der Waals surface area (Å²) < 4.78 is 0. The Morgan fingerprint density at radius 1 is 0.224 bits per heavy atom. The van der Waals surface area contributed by atoms with Crippen LogP contribution in [0.4, 0.5) is 34.1 Å². The number of para-hydroxylation sites is 3. The summed E-state index contributed by atoms with van der Waals surface area (Å²) in [4.78, 5) is 4.92. The van der Waals surface area contributed by atoms with E-state index >= 15 is 0 Å². The molecule has 314 valence electrons. The topological polar surface area (TPSA) is 6.48 Å². The fraction of sp³-hybridized carbons (Fsp3) is 0.0154. The number of rotatable bonds is 8. The van der Waals surface area contributed by atoms with E-state index in [1.54, 1.807) is 0 Å². The molecule has 1 spiro atoms. The van der Waals surface area contributed by atoms with Crippen molar-refractivity contribution in [2.24, 2.45) is 0 Å². The second-order valence-corrected chi connectivity index (χ2v) is 17.6. The summed E-state index contributed by atoms with van der Waals surface area (Å²) in [6, 6.07) is 98.2. The largest absolute Gasteiger partial charge is 0.310 e. The molecule has 67 heavy (non-hydrogen) atoms. The highest BCUT2D eigenvalue weighted by atomic mass is 15.2.